The van der Waals surface area contributed by atoms with Crippen LogP contribution >= 0.6 is 11.6 Å². The Morgan fingerprint density at radius 2 is 1.96 bits per heavy atom. The number of hydrogen-bond acceptors (Lipinski definition) is 4. The summed E-state index contributed by atoms with van der Waals surface area (Å²) >= 11 is 6.15. The lowest BCUT2D eigenvalue weighted by atomic mass is 10.1. The summed E-state index contributed by atoms with van der Waals surface area (Å²) in [6.45, 7) is 3.23. The van der Waals surface area contributed by atoms with Gasteiger partial charge >= 0.3 is 0 Å². The standard InChI is InChI=1S/C19H24ClNO3/c1-3-16(12-22)21-11-14-8-9-18(19(10-14)23-2)24-13-15-6-4-5-7-17(15)20/h4-10,16,21-22H,3,11-13H2,1-2H3. The van der Waals surface area contributed by atoms with Gasteiger partial charge in [-0.2, -0.15) is 0 Å². The number of nitrogens with one attached hydrogen (secondary N) is 1. The molecule has 5 heteroatoms. The number of aliphatic hydroxyl groups is 1. The zero-order valence-electron chi connectivity index (χ0n) is 14.1. The van der Waals surface area contributed by atoms with Gasteiger partial charge in [0.2, 0.25) is 0 Å². The minimum atomic E-state index is 0.104. The molecule has 0 radical (unpaired) electrons. The highest BCUT2D eigenvalue weighted by atomic mass is 35.5. The molecule has 2 aromatic rings. The van der Waals surface area contributed by atoms with Gasteiger partial charge in [-0.05, 0) is 30.2 Å². The number of methoxy groups -OCH3 is 1. The molecule has 0 saturated heterocycles. The second-order valence-electron chi connectivity index (χ2n) is 5.53. The molecule has 0 amide bonds. The fourth-order valence-electron chi connectivity index (χ4n) is 2.31. The molecule has 0 aliphatic carbocycles. The Balaban J connectivity index is 2.02. The number of halogens is 1. The van der Waals surface area contributed by atoms with Gasteiger partial charge in [0, 0.05) is 23.2 Å². The van der Waals surface area contributed by atoms with Crippen LogP contribution in [0.1, 0.15) is 24.5 Å². The summed E-state index contributed by atoms with van der Waals surface area (Å²) in [5.74, 6) is 1.36. The van der Waals surface area contributed by atoms with E-state index in [4.69, 9.17) is 21.1 Å². The van der Waals surface area contributed by atoms with Crippen molar-refractivity contribution in [1.29, 1.82) is 0 Å². The second-order valence-corrected chi connectivity index (χ2v) is 5.94. The summed E-state index contributed by atoms with van der Waals surface area (Å²) in [6, 6.07) is 13.5. The maximum atomic E-state index is 9.23. The molecule has 2 N–H and O–H groups in total. The smallest absolute Gasteiger partial charge is 0.161 e. The summed E-state index contributed by atoms with van der Waals surface area (Å²) in [7, 11) is 1.62. The van der Waals surface area contributed by atoms with Crippen LogP contribution in [0.4, 0.5) is 0 Å². The predicted molar refractivity (Wildman–Crippen MR) is 96.8 cm³/mol. The molecular weight excluding hydrogens is 326 g/mol. The van der Waals surface area contributed by atoms with Crippen molar-refractivity contribution in [1.82, 2.24) is 5.32 Å². The van der Waals surface area contributed by atoms with E-state index in [0.717, 1.165) is 17.5 Å². The lowest BCUT2D eigenvalue weighted by Gasteiger charge is -2.16. The van der Waals surface area contributed by atoms with E-state index in [9.17, 15) is 5.11 Å². The molecule has 2 aromatic carbocycles. The fraction of sp³-hybridized carbons (Fsp3) is 0.368. The van der Waals surface area contributed by atoms with Crippen molar-refractivity contribution in [2.24, 2.45) is 0 Å². The zero-order chi connectivity index (χ0) is 17.4. The van der Waals surface area contributed by atoms with Gasteiger partial charge in [-0.25, -0.2) is 0 Å². The van der Waals surface area contributed by atoms with Crippen LogP contribution in [0.2, 0.25) is 5.02 Å². The third-order valence-electron chi connectivity index (χ3n) is 3.88. The first-order chi connectivity index (χ1) is 11.7. The van der Waals surface area contributed by atoms with Gasteiger partial charge in [-0.3, -0.25) is 0 Å². The highest BCUT2D eigenvalue weighted by Crippen LogP contribution is 2.29. The van der Waals surface area contributed by atoms with E-state index in [-0.39, 0.29) is 12.6 Å². The van der Waals surface area contributed by atoms with Crippen molar-refractivity contribution >= 4 is 11.6 Å². The van der Waals surface area contributed by atoms with Gasteiger partial charge in [0.1, 0.15) is 6.61 Å². The van der Waals surface area contributed by atoms with Crippen molar-refractivity contribution in [3.63, 3.8) is 0 Å². The Kier molecular flexibility index (Phi) is 7.37. The fourth-order valence-corrected chi connectivity index (χ4v) is 2.50. The number of ether oxygens (including phenoxy) is 2. The van der Waals surface area contributed by atoms with Crippen molar-refractivity contribution in [3.05, 3.63) is 58.6 Å². The average Bonchev–Trinajstić information content (AvgIpc) is 2.62. The summed E-state index contributed by atoms with van der Waals surface area (Å²) in [5.41, 5.74) is 2.00. The molecule has 4 nitrogen and oxygen atoms in total. The van der Waals surface area contributed by atoms with Crippen molar-refractivity contribution < 1.29 is 14.6 Å². The van der Waals surface area contributed by atoms with Crippen LogP contribution in [0.15, 0.2) is 42.5 Å². The first-order valence-corrected chi connectivity index (χ1v) is 8.43. The maximum Gasteiger partial charge on any atom is 0.161 e. The first-order valence-electron chi connectivity index (χ1n) is 8.05. The van der Waals surface area contributed by atoms with Crippen molar-refractivity contribution in [2.45, 2.75) is 32.5 Å². The number of aliphatic hydroxyl groups excluding tert-OH is 1. The summed E-state index contributed by atoms with van der Waals surface area (Å²) in [5, 5.41) is 13.2. The SMILES string of the molecule is CCC(CO)NCc1ccc(OCc2ccccc2Cl)c(OC)c1. The van der Waals surface area contributed by atoms with E-state index in [1.54, 1.807) is 7.11 Å². The minimum absolute atomic E-state index is 0.104. The number of benzene rings is 2. The molecule has 0 bridgehead atoms. The monoisotopic (exact) mass is 349 g/mol. The van der Waals surface area contributed by atoms with Gasteiger partial charge in [-0.1, -0.05) is 42.8 Å². The van der Waals surface area contributed by atoms with Gasteiger partial charge in [0.05, 0.1) is 13.7 Å². The zero-order valence-corrected chi connectivity index (χ0v) is 14.8. The average molecular weight is 350 g/mol. The molecule has 0 aliphatic rings. The molecule has 0 aliphatic heterocycles. The van der Waals surface area contributed by atoms with Crippen LogP contribution in [-0.4, -0.2) is 24.9 Å². The van der Waals surface area contributed by atoms with Crippen LogP contribution < -0.4 is 14.8 Å². The van der Waals surface area contributed by atoms with Crippen molar-refractivity contribution in [2.75, 3.05) is 13.7 Å². The van der Waals surface area contributed by atoms with E-state index in [1.165, 1.54) is 0 Å². The van der Waals surface area contributed by atoms with E-state index in [2.05, 4.69) is 5.32 Å². The Labute approximate surface area is 148 Å². The normalized spacial score (nSPS) is 12.0. The quantitative estimate of drug-likeness (QED) is 0.723. The van der Waals surface area contributed by atoms with E-state index >= 15 is 0 Å². The molecular formula is C19H24ClNO3. The highest BCUT2D eigenvalue weighted by Gasteiger charge is 2.09. The Hall–Kier alpha value is -1.75. The Morgan fingerprint density at radius 3 is 2.62 bits per heavy atom. The molecule has 0 heterocycles. The molecule has 2 rings (SSSR count). The van der Waals surface area contributed by atoms with E-state index in [0.29, 0.717) is 29.7 Å². The summed E-state index contributed by atoms with van der Waals surface area (Å²) in [6.07, 6.45) is 0.882. The topological polar surface area (TPSA) is 50.7 Å². The molecule has 0 fully saturated rings. The third kappa shape index (κ3) is 5.13. The third-order valence-corrected chi connectivity index (χ3v) is 4.25. The molecule has 24 heavy (non-hydrogen) atoms. The molecule has 1 unspecified atom stereocenters. The predicted octanol–water partition coefficient (Wildman–Crippen LogP) is 3.79. The first kappa shape index (κ1) is 18.6. The van der Waals surface area contributed by atoms with E-state index < -0.39 is 0 Å². The maximum absolute atomic E-state index is 9.23. The lowest BCUT2D eigenvalue weighted by molar-refractivity contribution is 0.238. The Morgan fingerprint density at radius 1 is 1.17 bits per heavy atom. The largest absolute Gasteiger partial charge is 0.493 e. The van der Waals surface area contributed by atoms with Gasteiger partial charge in [-0.15, -0.1) is 0 Å². The molecule has 130 valence electrons. The van der Waals surface area contributed by atoms with Crippen LogP contribution in [-0.2, 0) is 13.2 Å². The van der Waals surface area contributed by atoms with Crippen LogP contribution in [0.5, 0.6) is 11.5 Å². The van der Waals surface area contributed by atoms with E-state index in [1.807, 2.05) is 49.4 Å². The van der Waals surface area contributed by atoms with Crippen molar-refractivity contribution in [3.8, 4) is 11.5 Å². The van der Waals surface area contributed by atoms with Gasteiger partial charge in [0.15, 0.2) is 11.5 Å². The van der Waals surface area contributed by atoms with Gasteiger partial charge in [0.25, 0.3) is 0 Å². The summed E-state index contributed by atoms with van der Waals surface area (Å²) < 4.78 is 11.3. The Bertz CT molecular complexity index is 644. The molecule has 0 spiro atoms. The van der Waals surface area contributed by atoms with Crippen LogP contribution in [0, 0.1) is 0 Å². The van der Waals surface area contributed by atoms with Crippen LogP contribution in [0.25, 0.3) is 0 Å². The van der Waals surface area contributed by atoms with Gasteiger partial charge < -0.3 is 19.9 Å². The molecule has 1 atom stereocenters. The minimum Gasteiger partial charge on any atom is -0.493 e. The van der Waals surface area contributed by atoms with Crippen LogP contribution in [0.3, 0.4) is 0 Å². The highest BCUT2D eigenvalue weighted by molar-refractivity contribution is 6.31. The number of hydrogen-bond donors (Lipinski definition) is 2. The molecule has 0 saturated carbocycles. The number of rotatable bonds is 9. The molecule has 0 aromatic heterocycles. The summed E-state index contributed by atoms with van der Waals surface area (Å²) in [4.78, 5) is 0. The second kappa shape index (κ2) is 9.52. The lowest BCUT2D eigenvalue weighted by Crippen LogP contribution is -2.31.